The van der Waals surface area contributed by atoms with Gasteiger partial charge in [-0.2, -0.15) is 0 Å². The van der Waals surface area contributed by atoms with Gasteiger partial charge in [-0.1, -0.05) is 26.7 Å². The fraction of sp³-hybridized carbons (Fsp3) is 0.909. The van der Waals surface area contributed by atoms with E-state index in [-0.39, 0.29) is 11.9 Å². The van der Waals surface area contributed by atoms with Crippen molar-refractivity contribution in [3.8, 4) is 0 Å². The van der Waals surface area contributed by atoms with Crippen molar-refractivity contribution in [2.75, 3.05) is 0 Å². The van der Waals surface area contributed by atoms with E-state index in [0.717, 1.165) is 18.8 Å². The zero-order valence-electron chi connectivity index (χ0n) is 9.64. The fourth-order valence-electron chi connectivity index (χ4n) is 1.26. The van der Waals surface area contributed by atoms with Crippen LogP contribution in [0.25, 0.3) is 0 Å². The van der Waals surface area contributed by atoms with Gasteiger partial charge in [-0.25, -0.2) is 0 Å². The van der Waals surface area contributed by atoms with Crippen molar-refractivity contribution in [1.82, 2.24) is 5.32 Å². The Morgan fingerprint density at radius 1 is 1.21 bits per heavy atom. The minimum atomic E-state index is -0.428. The van der Waals surface area contributed by atoms with Crippen molar-refractivity contribution in [3.05, 3.63) is 0 Å². The van der Waals surface area contributed by atoms with Gasteiger partial charge in [-0.3, -0.25) is 4.79 Å². The monoisotopic (exact) mass is 219 g/mol. The summed E-state index contributed by atoms with van der Waals surface area (Å²) in [6, 6.07) is 0.238. The lowest BCUT2D eigenvalue weighted by Gasteiger charge is -2.15. The minimum Gasteiger partial charge on any atom is -0.352 e. The molecule has 1 N–H and O–H groups in total. The van der Waals surface area contributed by atoms with Crippen LogP contribution in [0.4, 0.5) is 0 Å². The van der Waals surface area contributed by atoms with Crippen LogP contribution < -0.4 is 5.32 Å². The Morgan fingerprint density at radius 3 is 2.21 bits per heavy atom. The van der Waals surface area contributed by atoms with E-state index < -0.39 is 5.38 Å². The van der Waals surface area contributed by atoms with Crippen molar-refractivity contribution >= 4 is 17.5 Å². The molecular formula is C11H22ClNO. The van der Waals surface area contributed by atoms with E-state index in [2.05, 4.69) is 19.2 Å². The van der Waals surface area contributed by atoms with Crippen molar-refractivity contribution in [3.63, 3.8) is 0 Å². The molecule has 84 valence electrons. The van der Waals surface area contributed by atoms with Gasteiger partial charge in [0.25, 0.3) is 0 Å². The number of halogens is 1. The second-order valence-electron chi connectivity index (χ2n) is 4.35. The first kappa shape index (κ1) is 13.8. The number of hydrogen-bond donors (Lipinski definition) is 1. The third-order valence-corrected chi connectivity index (χ3v) is 2.37. The van der Waals surface area contributed by atoms with E-state index in [4.69, 9.17) is 11.6 Å². The van der Waals surface area contributed by atoms with E-state index >= 15 is 0 Å². The number of alkyl halides is 1. The lowest BCUT2D eigenvalue weighted by molar-refractivity contribution is -0.121. The summed E-state index contributed by atoms with van der Waals surface area (Å²) in [6.45, 7) is 8.14. The van der Waals surface area contributed by atoms with Crippen LogP contribution in [-0.2, 0) is 4.79 Å². The van der Waals surface area contributed by atoms with Crippen molar-refractivity contribution in [1.29, 1.82) is 0 Å². The van der Waals surface area contributed by atoms with Crippen LogP contribution in [0.5, 0.6) is 0 Å². The van der Waals surface area contributed by atoms with Crippen LogP contribution in [0.15, 0.2) is 0 Å². The number of hydrogen-bond acceptors (Lipinski definition) is 1. The number of amides is 1. The standard InChI is InChI=1S/C11H22ClNO/c1-8(2)6-5-7-9(3)13-11(14)10(4)12/h8-10H,5-7H2,1-4H3,(H,13,14)/t9-,10+/m1/s1. The first-order valence-corrected chi connectivity index (χ1v) is 5.81. The third-order valence-electron chi connectivity index (χ3n) is 2.17. The normalized spacial score (nSPS) is 15.3. The first-order valence-electron chi connectivity index (χ1n) is 5.38. The molecule has 0 aliphatic rings. The summed E-state index contributed by atoms with van der Waals surface area (Å²) in [5.74, 6) is 0.675. The van der Waals surface area contributed by atoms with E-state index in [1.54, 1.807) is 6.92 Å². The van der Waals surface area contributed by atoms with E-state index in [9.17, 15) is 4.79 Å². The Kier molecular flexibility index (Phi) is 6.98. The van der Waals surface area contributed by atoms with Crippen LogP contribution in [0, 0.1) is 5.92 Å². The number of rotatable bonds is 6. The lowest BCUT2D eigenvalue weighted by Crippen LogP contribution is -2.36. The Morgan fingerprint density at radius 2 is 1.79 bits per heavy atom. The highest BCUT2D eigenvalue weighted by atomic mass is 35.5. The fourth-order valence-corrected chi connectivity index (χ4v) is 1.33. The van der Waals surface area contributed by atoms with Crippen LogP contribution in [0.1, 0.15) is 47.0 Å². The zero-order chi connectivity index (χ0) is 11.1. The molecular weight excluding hydrogens is 198 g/mol. The van der Waals surface area contributed by atoms with Crippen LogP contribution >= 0.6 is 11.6 Å². The predicted molar refractivity (Wildman–Crippen MR) is 61.6 cm³/mol. The number of carbonyl (C=O) groups is 1. The molecule has 0 saturated carbocycles. The maximum absolute atomic E-state index is 11.2. The van der Waals surface area contributed by atoms with Gasteiger partial charge in [0.15, 0.2) is 0 Å². The molecule has 0 aromatic rings. The smallest absolute Gasteiger partial charge is 0.237 e. The molecule has 0 unspecified atom stereocenters. The van der Waals surface area contributed by atoms with Gasteiger partial charge in [-0.15, -0.1) is 11.6 Å². The molecule has 0 aliphatic heterocycles. The summed E-state index contributed by atoms with van der Waals surface area (Å²) in [5, 5.41) is 2.45. The van der Waals surface area contributed by atoms with Crippen LogP contribution in [0.3, 0.4) is 0 Å². The molecule has 0 aromatic heterocycles. The second kappa shape index (κ2) is 7.10. The Labute approximate surface area is 92.4 Å². The van der Waals surface area contributed by atoms with E-state index in [0.29, 0.717) is 0 Å². The maximum atomic E-state index is 11.2. The Balaban J connectivity index is 3.55. The molecule has 0 aliphatic carbocycles. The third kappa shape index (κ3) is 7.19. The quantitative estimate of drug-likeness (QED) is 0.684. The second-order valence-corrected chi connectivity index (χ2v) is 5.01. The number of carbonyl (C=O) groups excluding carboxylic acids is 1. The summed E-state index contributed by atoms with van der Waals surface area (Å²) in [6.07, 6.45) is 3.42. The van der Waals surface area contributed by atoms with Gasteiger partial charge in [-0.05, 0) is 26.2 Å². The SMILES string of the molecule is CC(C)CCC[C@@H](C)NC(=O)[C@H](C)Cl. The van der Waals surface area contributed by atoms with Gasteiger partial charge in [0.05, 0.1) is 0 Å². The Bertz CT molecular complexity index is 169. The molecule has 2 atom stereocenters. The highest BCUT2D eigenvalue weighted by Gasteiger charge is 2.11. The van der Waals surface area contributed by atoms with Crippen molar-refractivity contribution in [2.24, 2.45) is 5.92 Å². The molecule has 0 radical (unpaired) electrons. The van der Waals surface area contributed by atoms with Crippen LogP contribution in [0.2, 0.25) is 0 Å². The average molecular weight is 220 g/mol. The average Bonchev–Trinajstić information content (AvgIpc) is 2.02. The summed E-state index contributed by atoms with van der Waals surface area (Å²) in [5.41, 5.74) is 0. The Hall–Kier alpha value is -0.240. The number of nitrogens with one attached hydrogen (secondary N) is 1. The molecule has 0 aromatic carbocycles. The van der Waals surface area contributed by atoms with Gasteiger partial charge >= 0.3 is 0 Å². The summed E-state index contributed by atoms with van der Waals surface area (Å²) in [4.78, 5) is 11.2. The zero-order valence-corrected chi connectivity index (χ0v) is 10.4. The summed E-state index contributed by atoms with van der Waals surface area (Å²) < 4.78 is 0. The van der Waals surface area contributed by atoms with Gasteiger partial charge in [0, 0.05) is 6.04 Å². The lowest BCUT2D eigenvalue weighted by atomic mass is 10.0. The van der Waals surface area contributed by atoms with Gasteiger partial charge in [0.2, 0.25) is 5.91 Å². The molecule has 0 bridgehead atoms. The summed E-state index contributed by atoms with van der Waals surface area (Å²) >= 11 is 5.64. The van der Waals surface area contributed by atoms with E-state index in [1.807, 2.05) is 6.92 Å². The molecule has 0 spiro atoms. The van der Waals surface area contributed by atoms with Gasteiger partial charge in [0.1, 0.15) is 5.38 Å². The highest BCUT2D eigenvalue weighted by Crippen LogP contribution is 2.08. The molecule has 1 amide bonds. The highest BCUT2D eigenvalue weighted by molar-refractivity contribution is 6.30. The molecule has 0 rings (SSSR count). The summed E-state index contributed by atoms with van der Waals surface area (Å²) in [7, 11) is 0. The molecule has 3 heteroatoms. The molecule has 0 fully saturated rings. The maximum Gasteiger partial charge on any atom is 0.237 e. The van der Waals surface area contributed by atoms with Gasteiger partial charge < -0.3 is 5.32 Å². The molecule has 0 heterocycles. The molecule has 0 saturated heterocycles. The first-order chi connectivity index (χ1) is 6.43. The minimum absolute atomic E-state index is 0.0660. The van der Waals surface area contributed by atoms with Crippen LogP contribution in [-0.4, -0.2) is 17.3 Å². The topological polar surface area (TPSA) is 29.1 Å². The van der Waals surface area contributed by atoms with Crippen molar-refractivity contribution in [2.45, 2.75) is 58.4 Å². The largest absolute Gasteiger partial charge is 0.352 e. The van der Waals surface area contributed by atoms with Crippen molar-refractivity contribution < 1.29 is 4.79 Å². The molecule has 14 heavy (non-hydrogen) atoms. The van der Waals surface area contributed by atoms with E-state index in [1.165, 1.54) is 6.42 Å². The molecule has 2 nitrogen and oxygen atoms in total. The predicted octanol–water partition coefficient (Wildman–Crippen LogP) is 2.94.